The fourth-order valence-corrected chi connectivity index (χ4v) is 0.377. The maximum Gasteiger partial charge on any atom is 0.134 e. The largest absolute Gasteiger partial charge is 0.287 e. The van der Waals surface area contributed by atoms with E-state index in [1.54, 1.807) is 18.5 Å². The van der Waals surface area contributed by atoms with E-state index in [0.717, 1.165) is 5.06 Å². The summed E-state index contributed by atoms with van der Waals surface area (Å²) in [7, 11) is 0. The van der Waals surface area contributed by atoms with E-state index in [0.29, 0.717) is 6.67 Å². The van der Waals surface area contributed by atoms with Gasteiger partial charge in [-0.1, -0.05) is 0 Å². The Morgan fingerprint density at radius 1 is 1.62 bits per heavy atom. The van der Waals surface area contributed by atoms with Gasteiger partial charge in [0, 0.05) is 31.9 Å². The second-order valence-electron chi connectivity index (χ2n) is 1.25. The summed E-state index contributed by atoms with van der Waals surface area (Å²) in [6.07, 6.45) is 4.86. The van der Waals surface area contributed by atoms with Crippen LogP contribution in [0.25, 0.3) is 0 Å². The van der Waals surface area contributed by atoms with Gasteiger partial charge in [-0.3, -0.25) is 10.2 Å². The van der Waals surface area contributed by atoms with E-state index in [-0.39, 0.29) is 19.5 Å². The zero-order valence-electron chi connectivity index (χ0n) is 4.49. The quantitative estimate of drug-likeness (QED) is 0.519. The molecule has 0 fully saturated rings. The molecular weight excluding hydrogens is 157 g/mol. The van der Waals surface area contributed by atoms with E-state index in [9.17, 15) is 0 Å². The molecule has 1 aliphatic rings. The number of nitrogens with zero attached hydrogens (tertiary/aromatic N) is 2. The Bertz CT molecular complexity index is 113. The molecule has 0 unspecified atom stereocenters. The Balaban J connectivity index is 0.000000490. The standard InChI is InChI=1S/C4H6N2O.Zn/c7-6-3-1-2-5-4-6;/h1-3,7H,4H2;. The smallest absolute Gasteiger partial charge is 0.134 e. The van der Waals surface area contributed by atoms with Crippen LogP contribution in [0.4, 0.5) is 0 Å². The molecule has 0 saturated carbocycles. The van der Waals surface area contributed by atoms with Crippen LogP contribution in [-0.2, 0) is 19.5 Å². The molecule has 4 heteroatoms. The summed E-state index contributed by atoms with van der Waals surface area (Å²) in [5.74, 6) is 0. The van der Waals surface area contributed by atoms with Crippen LogP contribution in [0, 0.1) is 0 Å². The Morgan fingerprint density at radius 2 is 2.38 bits per heavy atom. The number of hydroxylamine groups is 2. The van der Waals surface area contributed by atoms with Gasteiger partial charge >= 0.3 is 0 Å². The molecule has 0 aliphatic carbocycles. The number of aliphatic imine (C=N–C) groups is 1. The molecule has 1 heterocycles. The first-order chi connectivity index (χ1) is 3.39. The molecule has 0 aromatic heterocycles. The average Bonchev–Trinajstić information content (AvgIpc) is 1.69. The third-order valence-corrected chi connectivity index (χ3v) is 0.676. The van der Waals surface area contributed by atoms with Crippen LogP contribution in [0.1, 0.15) is 0 Å². The van der Waals surface area contributed by atoms with Crippen molar-refractivity contribution in [1.82, 2.24) is 5.06 Å². The minimum atomic E-state index is 0. The predicted molar refractivity (Wildman–Crippen MR) is 26.1 cm³/mol. The van der Waals surface area contributed by atoms with Crippen LogP contribution < -0.4 is 0 Å². The van der Waals surface area contributed by atoms with Gasteiger partial charge in [0.15, 0.2) is 0 Å². The number of hydrogen-bond acceptors (Lipinski definition) is 3. The fraction of sp³-hybridized carbons (Fsp3) is 0.250. The first-order valence-electron chi connectivity index (χ1n) is 2.02. The predicted octanol–water partition coefficient (Wildman–Crippen LogP) is 0.231. The summed E-state index contributed by atoms with van der Waals surface area (Å²) < 4.78 is 0. The van der Waals surface area contributed by atoms with Crippen LogP contribution >= 0.6 is 0 Å². The molecule has 0 radical (unpaired) electrons. The van der Waals surface area contributed by atoms with Crippen LogP contribution in [0.2, 0.25) is 0 Å². The minimum Gasteiger partial charge on any atom is -0.287 e. The molecule has 0 atom stereocenters. The molecule has 1 N–H and O–H groups in total. The van der Waals surface area contributed by atoms with Crippen molar-refractivity contribution in [2.75, 3.05) is 6.67 Å². The topological polar surface area (TPSA) is 35.8 Å². The zero-order chi connectivity index (χ0) is 5.11. The van der Waals surface area contributed by atoms with Crippen molar-refractivity contribution in [3.05, 3.63) is 12.3 Å². The van der Waals surface area contributed by atoms with E-state index in [1.807, 2.05) is 0 Å². The Morgan fingerprint density at radius 3 is 2.62 bits per heavy atom. The van der Waals surface area contributed by atoms with Crippen molar-refractivity contribution in [3.8, 4) is 0 Å². The van der Waals surface area contributed by atoms with Crippen LogP contribution in [0.3, 0.4) is 0 Å². The Kier molecular flexibility index (Phi) is 3.66. The first kappa shape index (κ1) is 7.79. The third kappa shape index (κ3) is 2.19. The molecule has 0 amide bonds. The zero-order valence-corrected chi connectivity index (χ0v) is 7.46. The molecule has 0 aromatic carbocycles. The minimum absolute atomic E-state index is 0. The van der Waals surface area contributed by atoms with Gasteiger partial charge in [0.25, 0.3) is 0 Å². The van der Waals surface area contributed by atoms with Gasteiger partial charge in [0.05, 0.1) is 0 Å². The summed E-state index contributed by atoms with van der Waals surface area (Å²) in [5, 5.41) is 9.56. The van der Waals surface area contributed by atoms with Gasteiger partial charge in [-0.15, -0.1) is 0 Å². The van der Waals surface area contributed by atoms with Gasteiger partial charge in [0.2, 0.25) is 0 Å². The molecule has 0 spiro atoms. The summed E-state index contributed by atoms with van der Waals surface area (Å²) >= 11 is 0. The second-order valence-corrected chi connectivity index (χ2v) is 1.25. The maximum absolute atomic E-state index is 8.54. The second kappa shape index (κ2) is 3.75. The number of allylic oxidation sites excluding steroid dienone is 1. The molecule has 3 nitrogen and oxygen atoms in total. The SMILES string of the molecule is ON1C=CC=NC1.[Zn]. The molecule has 1 aliphatic heterocycles. The normalized spacial score (nSPS) is 15.9. The van der Waals surface area contributed by atoms with Crippen molar-refractivity contribution in [1.29, 1.82) is 0 Å². The van der Waals surface area contributed by atoms with E-state index in [4.69, 9.17) is 5.21 Å². The molecule has 1 rings (SSSR count). The fourth-order valence-electron chi connectivity index (χ4n) is 0.377. The Labute approximate surface area is 60.4 Å². The van der Waals surface area contributed by atoms with Gasteiger partial charge < -0.3 is 0 Å². The molecule has 0 bridgehead atoms. The van der Waals surface area contributed by atoms with Crippen molar-refractivity contribution >= 4 is 6.21 Å². The van der Waals surface area contributed by atoms with Crippen molar-refractivity contribution in [2.45, 2.75) is 0 Å². The number of hydrogen-bond donors (Lipinski definition) is 1. The van der Waals surface area contributed by atoms with Crippen LogP contribution in [0.5, 0.6) is 0 Å². The van der Waals surface area contributed by atoms with E-state index in [2.05, 4.69) is 4.99 Å². The van der Waals surface area contributed by atoms with Gasteiger partial charge in [-0.25, -0.2) is 5.06 Å². The van der Waals surface area contributed by atoms with Crippen molar-refractivity contribution < 1.29 is 24.7 Å². The summed E-state index contributed by atoms with van der Waals surface area (Å²) in [4.78, 5) is 3.72. The summed E-state index contributed by atoms with van der Waals surface area (Å²) in [6.45, 7) is 0.358. The van der Waals surface area contributed by atoms with Crippen LogP contribution in [0.15, 0.2) is 17.3 Å². The maximum atomic E-state index is 8.54. The molecule has 0 saturated heterocycles. The van der Waals surface area contributed by atoms with Crippen molar-refractivity contribution in [2.24, 2.45) is 4.99 Å². The van der Waals surface area contributed by atoms with Gasteiger partial charge in [0.1, 0.15) is 6.67 Å². The summed E-state index contributed by atoms with van der Waals surface area (Å²) in [6, 6.07) is 0. The molecular formula is C4H6N2OZn. The molecule has 0 aromatic rings. The van der Waals surface area contributed by atoms with Gasteiger partial charge in [-0.05, 0) is 6.08 Å². The van der Waals surface area contributed by atoms with Gasteiger partial charge in [-0.2, -0.15) is 0 Å². The monoisotopic (exact) mass is 162 g/mol. The first-order valence-corrected chi connectivity index (χ1v) is 2.02. The Hall–Kier alpha value is -0.207. The molecule has 8 heavy (non-hydrogen) atoms. The van der Waals surface area contributed by atoms with E-state index in [1.165, 1.54) is 0 Å². The third-order valence-electron chi connectivity index (χ3n) is 0.676. The van der Waals surface area contributed by atoms with E-state index < -0.39 is 0 Å². The molecule has 40 valence electrons. The van der Waals surface area contributed by atoms with Crippen LogP contribution in [-0.4, -0.2) is 23.2 Å². The number of rotatable bonds is 0. The average molecular weight is 163 g/mol. The van der Waals surface area contributed by atoms with E-state index >= 15 is 0 Å². The summed E-state index contributed by atoms with van der Waals surface area (Å²) in [5.41, 5.74) is 0. The van der Waals surface area contributed by atoms with Crippen molar-refractivity contribution in [3.63, 3.8) is 0 Å².